The van der Waals surface area contributed by atoms with E-state index in [1.54, 1.807) is 12.3 Å². The third kappa shape index (κ3) is 4.35. The third-order valence-corrected chi connectivity index (χ3v) is 4.95. The fourth-order valence-electron chi connectivity index (χ4n) is 3.46. The van der Waals surface area contributed by atoms with Crippen LogP contribution in [0.15, 0.2) is 42.7 Å². The molecule has 0 radical (unpaired) electrons. The smallest absolute Gasteiger partial charge is 0.123 e. The molecule has 0 aliphatic carbocycles. The van der Waals surface area contributed by atoms with Crippen LogP contribution < -0.4 is 10.2 Å². The molecule has 0 amide bonds. The molecule has 1 aliphatic heterocycles. The van der Waals surface area contributed by atoms with Gasteiger partial charge in [-0.3, -0.25) is 4.98 Å². The molecule has 2 heterocycles. The van der Waals surface area contributed by atoms with Crippen molar-refractivity contribution in [1.82, 2.24) is 10.3 Å². The fourth-order valence-corrected chi connectivity index (χ4v) is 3.46. The highest BCUT2D eigenvalue weighted by molar-refractivity contribution is 5.55. The van der Waals surface area contributed by atoms with Gasteiger partial charge >= 0.3 is 0 Å². The van der Waals surface area contributed by atoms with Gasteiger partial charge in [0.25, 0.3) is 0 Å². The van der Waals surface area contributed by atoms with E-state index in [-0.39, 0.29) is 24.0 Å². The van der Waals surface area contributed by atoms with Crippen molar-refractivity contribution in [3.05, 3.63) is 59.7 Å². The zero-order valence-corrected chi connectivity index (χ0v) is 14.8. The molecule has 25 heavy (non-hydrogen) atoms. The topological polar surface area (TPSA) is 48.4 Å². The largest absolute Gasteiger partial charge is 0.393 e. The predicted octanol–water partition coefficient (Wildman–Crippen LogP) is 3.59. The lowest BCUT2D eigenvalue weighted by molar-refractivity contribution is 0.145. The van der Waals surface area contributed by atoms with Crippen molar-refractivity contribution in [3.63, 3.8) is 0 Å². The van der Waals surface area contributed by atoms with E-state index < -0.39 is 0 Å². The minimum Gasteiger partial charge on any atom is -0.393 e. The molecule has 1 saturated heterocycles. The van der Waals surface area contributed by atoms with E-state index in [2.05, 4.69) is 29.0 Å². The van der Waals surface area contributed by atoms with Crippen LogP contribution in [0.25, 0.3) is 0 Å². The number of anilines is 1. The molecule has 2 unspecified atom stereocenters. The monoisotopic (exact) mass is 343 g/mol. The Bertz CT molecular complexity index is 687. The van der Waals surface area contributed by atoms with E-state index in [9.17, 15) is 9.50 Å². The molecule has 4 nitrogen and oxygen atoms in total. The van der Waals surface area contributed by atoms with Crippen molar-refractivity contribution in [1.29, 1.82) is 0 Å². The number of pyridine rings is 1. The number of hydrogen-bond acceptors (Lipinski definition) is 4. The maximum absolute atomic E-state index is 13.9. The van der Waals surface area contributed by atoms with Gasteiger partial charge in [-0.05, 0) is 62.1 Å². The number of hydrogen-bond donors (Lipinski definition) is 2. The van der Waals surface area contributed by atoms with Crippen LogP contribution in [0.1, 0.15) is 49.9 Å². The highest BCUT2D eigenvalue weighted by Crippen LogP contribution is 2.31. The average molecular weight is 343 g/mol. The summed E-state index contributed by atoms with van der Waals surface area (Å²) in [7, 11) is 0. The Labute approximate surface area is 148 Å². The Morgan fingerprint density at radius 3 is 2.64 bits per heavy atom. The van der Waals surface area contributed by atoms with Crippen LogP contribution in [-0.2, 0) is 0 Å². The summed E-state index contributed by atoms with van der Waals surface area (Å²) < 4.78 is 13.9. The summed E-state index contributed by atoms with van der Waals surface area (Å²) in [6.07, 6.45) is 4.90. The molecule has 0 saturated carbocycles. The molecule has 0 spiro atoms. The van der Waals surface area contributed by atoms with Crippen molar-refractivity contribution in [2.24, 2.45) is 0 Å². The van der Waals surface area contributed by atoms with E-state index in [1.807, 2.05) is 24.4 Å². The lowest BCUT2D eigenvalue weighted by Crippen LogP contribution is -2.37. The molecule has 0 bridgehead atoms. The summed E-state index contributed by atoms with van der Waals surface area (Å²) in [5.41, 5.74) is 3.10. The predicted molar refractivity (Wildman–Crippen MR) is 98.1 cm³/mol. The van der Waals surface area contributed by atoms with Crippen LogP contribution in [-0.4, -0.2) is 29.3 Å². The average Bonchev–Trinajstić information content (AvgIpc) is 2.63. The standard InChI is InChI=1S/C20H26FN3O/c1-14(16-4-3-9-22-13-16)23-15(2)19-12-17(21)5-6-20(19)24-10-7-18(25)8-11-24/h3-6,9,12-15,18,23,25H,7-8,10-11H2,1-2H3. The second-order valence-electron chi connectivity index (χ2n) is 6.82. The molecule has 2 N–H and O–H groups in total. The van der Waals surface area contributed by atoms with E-state index in [0.29, 0.717) is 0 Å². The Morgan fingerprint density at radius 1 is 1.20 bits per heavy atom. The number of aliphatic hydroxyl groups excluding tert-OH is 1. The second-order valence-corrected chi connectivity index (χ2v) is 6.82. The Morgan fingerprint density at radius 2 is 1.96 bits per heavy atom. The van der Waals surface area contributed by atoms with Gasteiger partial charge in [-0.1, -0.05) is 6.07 Å². The fraction of sp³-hybridized carbons (Fsp3) is 0.450. The normalized spacial score (nSPS) is 18.2. The summed E-state index contributed by atoms with van der Waals surface area (Å²) in [6, 6.07) is 9.06. The maximum Gasteiger partial charge on any atom is 0.123 e. The van der Waals surface area contributed by atoms with Crippen molar-refractivity contribution in [2.75, 3.05) is 18.0 Å². The molecule has 1 aromatic carbocycles. The number of nitrogens with one attached hydrogen (secondary N) is 1. The van der Waals surface area contributed by atoms with Gasteiger partial charge < -0.3 is 15.3 Å². The highest BCUT2D eigenvalue weighted by atomic mass is 19.1. The first kappa shape index (κ1) is 17.8. The Hall–Kier alpha value is -1.98. The van der Waals surface area contributed by atoms with Gasteiger partial charge in [0, 0.05) is 43.3 Å². The summed E-state index contributed by atoms with van der Waals surface area (Å²) >= 11 is 0. The molecule has 2 aromatic rings. The summed E-state index contributed by atoms with van der Waals surface area (Å²) in [5, 5.41) is 13.3. The SMILES string of the molecule is CC(NC(C)c1cc(F)ccc1N1CCC(O)CC1)c1cccnc1. The zero-order valence-electron chi connectivity index (χ0n) is 14.8. The molecule has 1 aromatic heterocycles. The Balaban J connectivity index is 1.79. The number of rotatable bonds is 5. The number of aromatic nitrogens is 1. The Kier molecular flexibility index (Phi) is 5.66. The minimum atomic E-state index is -0.224. The molecule has 1 aliphatic rings. The molecular formula is C20H26FN3O. The number of piperidine rings is 1. The zero-order chi connectivity index (χ0) is 17.8. The first-order valence-corrected chi connectivity index (χ1v) is 8.93. The van der Waals surface area contributed by atoms with Crippen molar-refractivity contribution >= 4 is 5.69 Å². The van der Waals surface area contributed by atoms with E-state index in [4.69, 9.17) is 0 Å². The van der Waals surface area contributed by atoms with Crippen molar-refractivity contribution in [2.45, 2.75) is 44.9 Å². The van der Waals surface area contributed by atoms with Gasteiger partial charge in [-0.15, -0.1) is 0 Å². The quantitative estimate of drug-likeness (QED) is 0.871. The molecule has 1 fully saturated rings. The van der Waals surface area contributed by atoms with Gasteiger partial charge in [-0.25, -0.2) is 4.39 Å². The lowest BCUT2D eigenvalue weighted by Gasteiger charge is -2.34. The first-order valence-electron chi connectivity index (χ1n) is 8.93. The summed E-state index contributed by atoms with van der Waals surface area (Å²) in [5.74, 6) is -0.224. The minimum absolute atomic E-state index is 0.00671. The van der Waals surface area contributed by atoms with Crippen LogP contribution in [0.2, 0.25) is 0 Å². The first-order chi connectivity index (χ1) is 12.0. The van der Waals surface area contributed by atoms with Crippen molar-refractivity contribution < 1.29 is 9.50 Å². The molecular weight excluding hydrogens is 317 g/mol. The van der Waals surface area contributed by atoms with E-state index >= 15 is 0 Å². The summed E-state index contributed by atoms with van der Waals surface area (Å²) in [4.78, 5) is 6.41. The number of nitrogens with zero attached hydrogens (tertiary/aromatic N) is 2. The van der Waals surface area contributed by atoms with Gasteiger partial charge in [0.15, 0.2) is 0 Å². The van der Waals surface area contributed by atoms with E-state index in [1.165, 1.54) is 6.07 Å². The maximum atomic E-state index is 13.9. The van der Waals surface area contributed by atoms with Crippen LogP contribution in [0.3, 0.4) is 0 Å². The van der Waals surface area contributed by atoms with Crippen LogP contribution >= 0.6 is 0 Å². The molecule has 5 heteroatoms. The highest BCUT2D eigenvalue weighted by Gasteiger charge is 2.22. The molecule has 2 atom stereocenters. The summed E-state index contributed by atoms with van der Waals surface area (Å²) in [6.45, 7) is 5.74. The molecule has 3 rings (SSSR count). The number of halogens is 1. The van der Waals surface area contributed by atoms with Gasteiger partial charge in [0.2, 0.25) is 0 Å². The van der Waals surface area contributed by atoms with Gasteiger partial charge in [0.1, 0.15) is 5.82 Å². The molecule has 134 valence electrons. The van der Waals surface area contributed by atoms with Gasteiger partial charge in [0.05, 0.1) is 6.10 Å². The third-order valence-electron chi connectivity index (χ3n) is 4.95. The number of benzene rings is 1. The van der Waals surface area contributed by atoms with Crippen molar-refractivity contribution in [3.8, 4) is 0 Å². The van der Waals surface area contributed by atoms with Crippen LogP contribution in [0.4, 0.5) is 10.1 Å². The van der Waals surface area contributed by atoms with Crippen LogP contribution in [0.5, 0.6) is 0 Å². The van der Waals surface area contributed by atoms with E-state index in [0.717, 1.165) is 42.7 Å². The number of aliphatic hydroxyl groups is 1. The lowest BCUT2D eigenvalue weighted by atomic mass is 10.00. The van der Waals surface area contributed by atoms with Crippen LogP contribution in [0, 0.1) is 5.82 Å². The second kappa shape index (κ2) is 7.93. The van der Waals surface area contributed by atoms with Gasteiger partial charge in [-0.2, -0.15) is 0 Å².